The third-order valence-electron chi connectivity index (χ3n) is 2.84. The van der Waals surface area contributed by atoms with Crippen molar-refractivity contribution in [2.75, 3.05) is 13.2 Å². The van der Waals surface area contributed by atoms with E-state index in [2.05, 4.69) is 0 Å². The second-order valence-corrected chi connectivity index (χ2v) is 4.97. The molecule has 0 unspecified atom stereocenters. The lowest BCUT2D eigenvalue weighted by molar-refractivity contribution is -0.385. The molecule has 1 aromatic carbocycles. The van der Waals surface area contributed by atoms with E-state index in [0.29, 0.717) is 13.0 Å². The molecule has 7 heteroatoms. The van der Waals surface area contributed by atoms with Crippen LogP contribution in [0.4, 0.5) is 5.69 Å². The second-order valence-electron chi connectivity index (χ2n) is 4.56. The van der Waals surface area contributed by atoms with Crippen molar-refractivity contribution in [2.24, 2.45) is 0 Å². The smallest absolute Gasteiger partial charge is 0.300 e. The van der Waals surface area contributed by atoms with Crippen LogP contribution in [-0.2, 0) is 0 Å². The van der Waals surface area contributed by atoms with Gasteiger partial charge in [0.15, 0.2) is 0 Å². The van der Waals surface area contributed by atoms with Crippen molar-refractivity contribution in [3.05, 3.63) is 38.9 Å². The first-order valence-corrected chi connectivity index (χ1v) is 6.62. The van der Waals surface area contributed by atoms with Gasteiger partial charge in [-0.2, -0.15) is 0 Å². The van der Waals surface area contributed by atoms with Gasteiger partial charge in [-0.1, -0.05) is 17.7 Å². The molecule has 0 bridgehead atoms. The highest BCUT2D eigenvalue weighted by Crippen LogP contribution is 2.29. The molecule has 0 radical (unpaired) electrons. The minimum Gasteiger partial charge on any atom is -0.396 e. The highest BCUT2D eigenvalue weighted by molar-refractivity contribution is 6.33. The molecule has 0 atom stereocenters. The maximum atomic E-state index is 12.5. The third-order valence-corrected chi connectivity index (χ3v) is 3.15. The van der Waals surface area contributed by atoms with Crippen LogP contribution in [0, 0.1) is 10.1 Å². The highest BCUT2D eigenvalue weighted by atomic mass is 35.5. The van der Waals surface area contributed by atoms with E-state index in [4.69, 9.17) is 16.7 Å². The summed E-state index contributed by atoms with van der Waals surface area (Å²) in [6.45, 7) is 3.90. The van der Waals surface area contributed by atoms with Crippen molar-refractivity contribution in [2.45, 2.75) is 26.3 Å². The van der Waals surface area contributed by atoms with Crippen LogP contribution < -0.4 is 0 Å². The van der Waals surface area contributed by atoms with Gasteiger partial charge in [0.05, 0.1) is 4.92 Å². The minimum absolute atomic E-state index is 0.0332. The normalized spacial score (nSPS) is 10.7. The molecule has 0 saturated heterocycles. The summed E-state index contributed by atoms with van der Waals surface area (Å²) < 4.78 is 0. The van der Waals surface area contributed by atoms with Crippen LogP contribution in [-0.4, -0.2) is 40.0 Å². The van der Waals surface area contributed by atoms with Crippen LogP contribution in [0.15, 0.2) is 18.2 Å². The van der Waals surface area contributed by atoms with Crippen molar-refractivity contribution in [1.82, 2.24) is 4.90 Å². The zero-order valence-electron chi connectivity index (χ0n) is 11.4. The number of nitrogens with zero attached hydrogens (tertiary/aromatic N) is 2. The Bertz CT molecular complexity index is 505. The van der Waals surface area contributed by atoms with Gasteiger partial charge in [-0.25, -0.2) is 0 Å². The van der Waals surface area contributed by atoms with Crippen LogP contribution in [0.25, 0.3) is 0 Å². The van der Waals surface area contributed by atoms with E-state index in [1.54, 1.807) is 0 Å². The van der Waals surface area contributed by atoms with Gasteiger partial charge >= 0.3 is 5.69 Å². The van der Waals surface area contributed by atoms with Gasteiger partial charge in [0.2, 0.25) is 0 Å². The number of nitro benzene ring substituents is 1. The van der Waals surface area contributed by atoms with Crippen LogP contribution in [0.3, 0.4) is 0 Å². The molecule has 0 spiro atoms. The average Bonchev–Trinajstić information content (AvgIpc) is 2.37. The molecular weight excluding hydrogens is 284 g/mol. The molecular formula is C13H17ClN2O4. The van der Waals surface area contributed by atoms with E-state index < -0.39 is 10.8 Å². The maximum Gasteiger partial charge on any atom is 0.300 e. The van der Waals surface area contributed by atoms with Crippen molar-refractivity contribution >= 4 is 23.2 Å². The zero-order valence-corrected chi connectivity index (χ0v) is 12.1. The molecule has 1 rings (SSSR count). The third kappa shape index (κ3) is 3.68. The van der Waals surface area contributed by atoms with Crippen molar-refractivity contribution < 1.29 is 14.8 Å². The van der Waals surface area contributed by atoms with E-state index in [9.17, 15) is 14.9 Å². The fraction of sp³-hybridized carbons (Fsp3) is 0.462. The Morgan fingerprint density at radius 1 is 1.50 bits per heavy atom. The van der Waals surface area contributed by atoms with Gasteiger partial charge < -0.3 is 10.0 Å². The molecule has 0 aliphatic carbocycles. The van der Waals surface area contributed by atoms with Crippen LogP contribution in [0.2, 0.25) is 5.02 Å². The summed E-state index contributed by atoms with van der Waals surface area (Å²) in [4.78, 5) is 24.3. The van der Waals surface area contributed by atoms with Gasteiger partial charge in [0, 0.05) is 19.2 Å². The fourth-order valence-corrected chi connectivity index (χ4v) is 2.11. The van der Waals surface area contributed by atoms with E-state index in [1.165, 1.54) is 23.1 Å². The summed E-state index contributed by atoms with van der Waals surface area (Å²) in [7, 11) is 0. The number of halogens is 1. The molecule has 0 fully saturated rings. The van der Waals surface area contributed by atoms with Crippen molar-refractivity contribution in [1.29, 1.82) is 0 Å². The molecule has 6 nitrogen and oxygen atoms in total. The number of carbonyl (C=O) groups is 1. The lowest BCUT2D eigenvalue weighted by Gasteiger charge is -2.26. The maximum absolute atomic E-state index is 12.5. The van der Waals surface area contributed by atoms with Gasteiger partial charge in [0.1, 0.15) is 10.6 Å². The summed E-state index contributed by atoms with van der Waals surface area (Å²) in [6, 6.07) is 4.14. The number of nitro groups is 1. The molecule has 110 valence electrons. The Hall–Kier alpha value is -1.66. The lowest BCUT2D eigenvalue weighted by Crippen LogP contribution is -2.38. The van der Waals surface area contributed by atoms with Crippen LogP contribution >= 0.6 is 11.6 Å². The Labute approximate surface area is 122 Å². The van der Waals surface area contributed by atoms with Crippen LogP contribution in [0.5, 0.6) is 0 Å². The summed E-state index contributed by atoms with van der Waals surface area (Å²) in [5.74, 6) is -0.456. The highest BCUT2D eigenvalue weighted by Gasteiger charge is 2.28. The molecule has 1 N–H and O–H groups in total. The first-order valence-electron chi connectivity index (χ1n) is 6.24. The number of carbonyl (C=O) groups excluding carboxylic acids is 1. The summed E-state index contributed by atoms with van der Waals surface area (Å²) in [5, 5.41) is 19.9. The lowest BCUT2D eigenvalue weighted by atomic mass is 10.1. The Morgan fingerprint density at radius 2 is 2.15 bits per heavy atom. The first kappa shape index (κ1) is 16.4. The molecule has 1 amide bonds. The number of aliphatic hydroxyl groups is 1. The van der Waals surface area contributed by atoms with Crippen LogP contribution in [0.1, 0.15) is 30.6 Å². The SMILES string of the molecule is CC(C)N(CCCO)C(=O)c1cccc(Cl)c1[N+](=O)[O-]. The number of para-hydroxylation sites is 1. The molecule has 20 heavy (non-hydrogen) atoms. The van der Waals surface area contributed by atoms with Gasteiger partial charge in [0.25, 0.3) is 5.91 Å². The predicted molar refractivity (Wildman–Crippen MR) is 76.0 cm³/mol. The molecule has 0 aromatic heterocycles. The number of rotatable bonds is 6. The Kier molecular flexibility index (Phi) is 5.91. The van der Waals surface area contributed by atoms with E-state index in [0.717, 1.165) is 0 Å². The van der Waals surface area contributed by atoms with Gasteiger partial charge in [-0.15, -0.1) is 0 Å². The zero-order chi connectivity index (χ0) is 15.3. The minimum atomic E-state index is -0.653. The molecule has 0 aliphatic rings. The summed E-state index contributed by atoms with van der Waals surface area (Å²) in [5.41, 5.74) is -0.414. The molecule has 0 aliphatic heterocycles. The van der Waals surface area contributed by atoms with E-state index >= 15 is 0 Å². The Balaban J connectivity index is 3.18. The number of benzene rings is 1. The second kappa shape index (κ2) is 7.21. The predicted octanol–water partition coefficient (Wildman–Crippen LogP) is 2.48. The summed E-state index contributed by atoms with van der Waals surface area (Å²) >= 11 is 5.80. The number of aliphatic hydroxyl groups excluding tert-OH is 1. The quantitative estimate of drug-likeness (QED) is 0.646. The van der Waals surface area contributed by atoms with E-state index in [-0.39, 0.29) is 28.9 Å². The number of hydrogen-bond acceptors (Lipinski definition) is 4. The topological polar surface area (TPSA) is 83.7 Å². The molecule has 1 aromatic rings. The monoisotopic (exact) mass is 300 g/mol. The molecule has 0 saturated carbocycles. The van der Waals surface area contributed by atoms with Gasteiger partial charge in [-0.3, -0.25) is 14.9 Å². The van der Waals surface area contributed by atoms with Gasteiger partial charge in [-0.05, 0) is 32.4 Å². The fourth-order valence-electron chi connectivity index (χ4n) is 1.86. The average molecular weight is 301 g/mol. The largest absolute Gasteiger partial charge is 0.396 e. The molecule has 0 heterocycles. The van der Waals surface area contributed by atoms with Crippen molar-refractivity contribution in [3.63, 3.8) is 0 Å². The number of amides is 1. The standard InChI is InChI=1S/C13H17ClN2O4/c1-9(2)15(7-4-8-17)13(18)10-5-3-6-11(14)12(10)16(19)20/h3,5-6,9,17H,4,7-8H2,1-2H3. The van der Waals surface area contributed by atoms with E-state index in [1.807, 2.05) is 13.8 Å². The number of hydrogen-bond donors (Lipinski definition) is 1. The Morgan fingerprint density at radius 3 is 2.65 bits per heavy atom. The summed E-state index contributed by atoms with van der Waals surface area (Å²) in [6.07, 6.45) is 0.415. The van der Waals surface area contributed by atoms with Crippen molar-refractivity contribution in [3.8, 4) is 0 Å². The first-order chi connectivity index (χ1) is 9.40.